The van der Waals surface area contributed by atoms with Crippen molar-refractivity contribution in [2.45, 2.75) is 33.7 Å². The molecule has 8 heteroatoms. The number of methoxy groups -OCH3 is 1. The first-order valence-electron chi connectivity index (χ1n) is 9.39. The minimum atomic E-state index is -0.682. The SMILES string of the molecule is COC(=O)CCn1c(C)cc(C(=O)COC(=O)COc2ccc(C(C)=O)cc2)c1C. The number of ether oxygens (including phenoxy) is 3. The number of hydrogen-bond donors (Lipinski definition) is 0. The van der Waals surface area contributed by atoms with Gasteiger partial charge in [-0.2, -0.15) is 0 Å². The molecule has 2 aromatic rings. The van der Waals surface area contributed by atoms with Gasteiger partial charge in [-0.25, -0.2) is 4.79 Å². The third kappa shape index (κ3) is 6.04. The van der Waals surface area contributed by atoms with Crippen molar-refractivity contribution in [3.05, 3.63) is 52.8 Å². The van der Waals surface area contributed by atoms with E-state index in [-0.39, 0.29) is 30.6 Å². The minimum Gasteiger partial charge on any atom is -0.482 e. The number of carbonyl (C=O) groups excluding carboxylic acids is 4. The van der Waals surface area contributed by atoms with Gasteiger partial charge in [-0.1, -0.05) is 0 Å². The second kappa shape index (κ2) is 10.4. The highest BCUT2D eigenvalue weighted by molar-refractivity contribution is 5.99. The normalized spacial score (nSPS) is 10.4. The van der Waals surface area contributed by atoms with Crippen molar-refractivity contribution in [2.24, 2.45) is 0 Å². The highest BCUT2D eigenvalue weighted by atomic mass is 16.6. The van der Waals surface area contributed by atoms with Crippen LogP contribution in [0.25, 0.3) is 0 Å². The molecule has 0 atom stereocenters. The molecule has 0 saturated carbocycles. The number of benzene rings is 1. The molecule has 8 nitrogen and oxygen atoms in total. The maximum Gasteiger partial charge on any atom is 0.344 e. The molecule has 0 radical (unpaired) electrons. The Morgan fingerprint density at radius 3 is 2.23 bits per heavy atom. The predicted octanol–water partition coefficient (Wildman–Crippen LogP) is 2.68. The maximum atomic E-state index is 12.5. The van der Waals surface area contributed by atoms with E-state index in [0.29, 0.717) is 29.1 Å². The Balaban J connectivity index is 1.86. The maximum absolute atomic E-state index is 12.5. The summed E-state index contributed by atoms with van der Waals surface area (Å²) in [6, 6.07) is 8.07. The Kier molecular flexibility index (Phi) is 7.91. The van der Waals surface area contributed by atoms with Gasteiger partial charge in [0.15, 0.2) is 19.0 Å². The Hall–Kier alpha value is -3.42. The van der Waals surface area contributed by atoms with Gasteiger partial charge in [0.1, 0.15) is 5.75 Å². The Labute approximate surface area is 174 Å². The Morgan fingerprint density at radius 1 is 0.967 bits per heavy atom. The number of aryl methyl sites for hydroxylation is 1. The van der Waals surface area contributed by atoms with Crippen LogP contribution in [-0.4, -0.2) is 48.4 Å². The smallest absolute Gasteiger partial charge is 0.344 e. The minimum absolute atomic E-state index is 0.0656. The Morgan fingerprint density at radius 2 is 1.63 bits per heavy atom. The van der Waals surface area contributed by atoms with Gasteiger partial charge in [-0.05, 0) is 51.1 Å². The number of aromatic nitrogens is 1. The largest absolute Gasteiger partial charge is 0.482 e. The van der Waals surface area contributed by atoms with Crippen LogP contribution >= 0.6 is 0 Å². The molecule has 1 aromatic heterocycles. The average molecular weight is 415 g/mol. The lowest BCUT2D eigenvalue weighted by Crippen LogP contribution is -2.20. The molecule has 0 aliphatic carbocycles. The van der Waals surface area contributed by atoms with Crippen molar-refractivity contribution in [2.75, 3.05) is 20.3 Å². The summed E-state index contributed by atoms with van der Waals surface area (Å²) in [7, 11) is 1.33. The summed E-state index contributed by atoms with van der Waals surface area (Å²) in [6.45, 7) is 4.69. The van der Waals surface area contributed by atoms with Crippen molar-refractivity contribution in [3.8, 4) is 5.75 Å². The number of carbonyl (C=O) groups is 4. The number of rotatable bonds is 10. The first-order valence-corrected chi connectivity index (χ1v) is 9.39. The molecule has 0 aliphatic heterocycles. The van der Waals surface area contributed by atoms with Gasteiger partial charge in [0.25, 0.3) is 0 Å². The summed E-state index contributed by atoms with van der Waals surface area (Å²) in [6.07, 6.45) is 0.195. The van der Waals surface area contributed by atoms with E-state index in [1.54, 1.807) is 37.3 Å². The standard InChI is InChI=1S/C22H25NO7/c1-14-11-19(15(2)23(14)10-9-21(26)28-4)20(25)12-30-22(27)13-29-18-7-5-17(6-8-18)16(3)24/h5-8,11H,9-10,12-13H2,1-4H3. The zero-order chi connectivity index (χ0) is 22.3. The topological polar surface area (TPSA) is 101 Å². The summed E-state index contributed by atoms with van der Waals surface area (Å²) in [5.41, 5.74) is 2.49. The number of ketones is 2. The molecule has 0 aliphatic rings. The van der Waals surface area contributed by atoms with Crippen molar-refractivity contribution in [3.63, 3.8) is 0 Å². The van der Waals surface area contributed by atoms with E-state index in [1.807, 2.05) is 11.5 Å². The zero-order valence-electron chi connectivity index (χ0n) is 17.5. The molecule has 0 N–H and O–H groups in total. The average Bonchev–Trinajstić information content (AvgIpc) is 3.02. The van der Waals surface area contributed by atoms with Crippen molar-refractivity contribution >= 4 is 23.5 Å². The van der Waals surface area contributed by atoms with Crippen molar-refractivity contribution < 1.29 is 33.4 Å². The van der Waals surface area contributed by atoms with E-state index in [2.05, 4.69) is 4.74 Å². The van der Waals surface area contributed by atoms with Gasteiger partial charge in [0.2, 0.25) is 5.78 Å². The first-order chi connectivity index (χ1) is 14.2. The van der Waals surface area contributed by atoms with Crippen LogP contribution in [0.15, 0.2) is 30.3 Å². The van der Waals surface area contributed by atoms with Crippen LogP contribution < -0.4 is 4.74 Å². The first kappa shape index (κ1) is 22.9. The van der Waals surface area contributed by atoms with Crippen LogP contribution in [0.4, 0.5) is 0 Å². The zero-order valence-corrected chi connectivity index (χ0v) is 17.5. The molecule has 1 heterocycles. The van der Waals surface area contributed by atoms with Gasteiger partial charge >= 0.3 is 11.9 Å². The number of nitrogens with zero attached hydrogens (tertiary/aromatic N) is 1. The van der Waals surface area contributed by atoms with E-state index in [4.69, 9.17) is 9.47 Å². The molecule has 0 bridgehead atoms. The lowest BCUT2D eigenvalue weighted by Gasteiger charge is -2.09. The van der Waals surface area contributed by atoms with Crippen molar-refractivity contribution in [1.82, 2.24) is 4.57 Å². The molecule has 0 saturated heterocycles. The van der Waals surface area contributed by atoms with Gasteiger partial charge in [-0.15, -0.1) is 0 Å². The van der Waals surface area contributed by atoms with Crippen LogP contribution in [0.5, 0.6) is 5.75 Å². The fourth-order valence-electron chi connectivity index (χ4n) is 2.93. The highest BCUT2D eigenvalue weighted by Gasteiger charge is 2.18. The number of Topliss-reactive ketones (excluding diaryl/α,β-unsaturated/α-hetero) is 2. The van der Waals surface area contributed by atoms with E-state index in [1.165, 1.54) is 14.0 Å². The molecule has 0 amide bonds. The summed E-state index contributed by atoms with van der Waals surface area (Å²) < 4.78 is 16.8. The molecule has 2 rings (SSSR count). The molecule has 0 spiro atoms. The number of hydrogen-bond acceptors (Lipinski definition) is 7. The van der Waals surface area contributed by atoms with Gasteiger partial charge in [-0.3, -0.25) is 14.4 Å². The third-order valence-corrected chi connectivity index (χ3v) is 4.62. The van der Waals surface area contributed by atoms with Gasteiger partial charge < -0.3 is 18.8 Å². The number of esters is 2. The molecule has 30 heavy (non-hydrogen) atoms. The predicted molar refractivity (Wildman–Crippen MR) is 108 cm³/mol. The quantitative estimate of drug-likeness (QED) is 0.434. The lowest BCUT2D eigenvalue weighted by molar-refractivity contribution is -0.145. The second-order valence-corrected chi connectivity index (χ2v) is 6.72. The second-order valence-electron chi connectivity index (χ2n) is 6.72. The molecule has 160 valence electrons. The monoisotopic (exact) mass is 415 g/mol. The summed E-state index contributed by atoms with van der Waals surface area (Å²) in [5.74, 6) is -1.01. The summed E-state index contributed by atoms with van der Waals surface area (Å²) in [4.78, 5) is 46.9. The van der Waals surface area contributed by atoms with E-state index in [9.17, 15) is 19.2 Å². The molecular weight excluding hydrogens is 390 g/mol. The molecule has 0 unspecified atom stereocenters. The van der Waals surface area contributed by atoms with Crippen LogP contribution in [0.1, 0.15) is 45.4 Å². The van der Waals surface area contributed by atoms with Crippen LogP contribution in [0.3, 0.4) is 0 Å². The highest BCUT2D eigenvalue weighted by Crippen LogP contribution is 2.17. The van der Waals surface area contributed by atoms with Crippen LogP contribution in [0.2, 0.25) is 0 Å². The lowest BCUT2D eigenvalue weighted by atomic mass is 10.1. The fourth-order valence-corrected chi connectivity index (χ4v) is 2.93. The van der Waals surface area contributed by atoms with E-state index < -0.39 is 12.6 Å². The van der Waals surface area contributed by atoms with E-state index in [0.717, 1.165) is 5.69 Å². The molecule has 0 fully saturated rings. The summed E-state index contributed by atoms with van der Waals surface area (Å²) in [5, 5.41) is 0. The van der Waals surface area contributed by atoms with Gasteiger partial charge in [0.05, 0.1) is 13.5 Å². The summed E-state index contributed by atoms with van der Waals surface area (Å²) >= 11 is 0. The van der Waals surface area contributed by atoms with Crippen LogP contribution in [0, 0.1) is 13.8 Å². The third-order valence-electron chi connectivity index (χ3n) is 4.62. The Bertz CT molecular complexity index is 941. The molecule has 1 aromatic carbocycles. The molecular formula is C22H25NO7. The van der Waals surface area contributed by atoms with E-state index >= 15 is 0 Å². The fraction of sp³-hybridized carbons (Fsp3) is 0.364. The van der Waals surface area contributed by atoms with Crippen molar-refractivity contribution in [1.29, 1.82) is 0 Å². The van der Waals surface area contributed by atoms with Gasteiger partial charge in [0, 0.05) is 29.1 Å². The van der Waals surface area contributed by atoms with Crippen LogP contribution in [-0.2, 0) is 25.6 Å².